The Morgan fingerprint density at radius 1 is 1.00 bits per heavy atom. The average Bonchev–Trinajstić information content (AvgIpc) is 3.68. The van der Waals surface area contributed by atoms with Gasteiger partial charge in [0.25, 0.3) is 0 Å². The molecule has 0 spiro atoms. The van der Waals surface area contributed by atoms with Gasteiger partial charge in [-0.2, -0.15) is 0 Å². The van der Waals surface area contributed by atoms with E-state index < -0.39 is 36.6 Å². The minimum atomic E-state index is -3.80. The largest absolute Gasteiger partial charge is 0.493 e. The number of carbonyl (C=O) groups excluding carboxylic acids is 1. The molecule has 2 aromatic heterocycles. The van der Waals surface area contributed by atoms with Crippen molar-refractivity contribution in [1.29, 1.82) is 0 Å². The molecular formula is C36H47F2N6O7PS. The molecule has 0 radical (unpaired) electrons. The number of phosphoric ester groups is 1. The molecule has 4 aromatic rings. The van der Waals surface area contributed by atoms with Gasteiger partial charge >= 0.3 is 7.82 Å². The summed E-state index contributed by atoms with van der Waals surface area (Å²) in [7, 11) is -2.24. The van der Waals surface area contributed by atoms with Crippen molar-refractivity contribution >= 4 is 52.6 Å². The summed E-state index contributed by atoms with van der Waals surface area (Å²) in [6.07, 6.45) is 5.58. The van der Waals surface area contributed by atoms with Gasteiger partial charge in [0.15, 0.2) is 16.6 Å². The van der Waals surface area contributed by atoms with E-state index in [4.69, 9.17) is 23.0 Å². The number of benzene rings is 2. The molecule has 5 rings (SSSR count). The number of anilines is 3. The van der Waals surface area contributed by atoms with Crippen molar-refractivity contribution in [3.63, 3.8) is 0 Å². The van der Waals surface area contributed by atoms with Crippen LogP contribution < -0.4 is 20.1 Å². The molecule has 0 bridgehead atoms. The molecule has 13 nitrogen and oxygen atoms in total. The van der Waals surface area contributed by atoms with Crippen molar-refractivity contribution < 1.29 is 41.2 Å². The first kappa shape index (κ1) is 40.4. The highest BCUT2D eigenvalue weighted by Crippen LogP contribution is 2.55. The maximum absolute atomic E-state index is 13.5. The third kappa shape index (κ3) is 12.1. The molecule has 2 N–H and O–H groups in total. The molecule has 0 unspecified atom stereocenters. The molecule has 3 heterocycles. The number of thiazole rings is 1. The van der Waals surface area contributed by atoms with Crippen LogP contribution in [0.4, 0.5) is 25.4 Å². The van der Waals surface area contributed by atoms with E-state index in [1.165, 1.54) is 17.7 Å². The summed E-state index contributed by atoms with van der Waals surface area (Å²) in [5, 5.41) is 6.84. The van der Waals surface area contributed by atoms with Gasteiger partial charge < -0.3 is 20.1 Å². The number of hydrogen-bond donors (Lipinski definition) is 2. The number of fused-ring (bicyclic) bond motifs is 1. The maximum atomic E-state index is 13.5. The monoisotopic (exact) mass is 776 g/mol. The van der Waals surface area contributed by atoms with Crippen molar-refractivity contribution in [3.05, 3.63) is 59.4 Å². The minimum absolute atomic E-state index is 0.0322. The van der Waals surface area contributed by atoms with Crippen molar-refractivity contribution in [2.45, 2.75) is 84.5 Å². The smallest absolute Gasteiger partial charge is 0.475 e. The van der Waals surface area contributed by atoms with Gasteiger partial charge in [-0.25, -0.2) is 28.3 Å². The molecule has 1 aliphatic rings. The number of rotatable bonds is 16. The van der Waals surface area contributed by atoms with Crippen molar-refractivity contribution in [1.82, 2.24) is 19.9 Å². The van der Waals surface area contributed by atoms with Crippen LogP contribution in [0.3, 0.4) is 0 Å². The number of ether oxygens (including phenoxy) is 2. The van der Waals surface area contributed by atoms with E-state index in [0.717, 1.165) is 50.6 Å². The Morgan fingerprint density at radius 2 is 1.72 bits per heavy atom. The fourth-order valence-electron chi connectivity index (χ4n) is 5.72. The molecule has 288 valence electrons. The van der Waals surface area contributed by atoms with Crippen molar-refractivity contribution in [2.75, 3.05) is 44.0 Å². The van der Waals surface area contributed by atoms with Gasteiger partial charge in [0.2, 0.25) is 5.91 Å². The average molecular weight is 777 g/mol. The zero-order valence-electron chi connectivity index (χ0n) is 31.0. The molecule has 53 heavy (non-hydrogen) atoms. The normalized spacial score (nSPS) is 15.5. The summed E-state index contributed by atoms with van der Waals surface area (Å²) in [6.45, 7) is 13.2. The van der Waals surface area contributed by atoms with E-state index in [1.54, 1.807) is 25.4 Å². The first-order valence-electron chi connectivity index (χ1n) is 17.3. The summed E-state index contributed by atoms with van der Waals surface area (Å²) < 4.78 is 69.8. The van der Waals surface area contributed by atoms with Gasteiger partial charge in [-0.05, 0) is 85.5 Å². The van der Waals surface area contributed by atoms with Crippen LogP contribution >= 0.6 is 19.2 Å². The Morgan fingerprint density at radius 3 is 2.40 bits per heavy atom. The molecular weight excluding hydrogens is 729 g/mol. The predicted octanol–water partition coefficient (Wildman–Crippen LogP) is 8.29. The number of likely N-dealkylation sites (tertiary alicyclic amines) is 1. The lowest BCUT2D eigenvalue weighted by Gasteiger charge is -2.32. The summed E-state index contributed by atoms with van der Waals surface area (Å²) in [4.78, 5) is 28.6. The third-order valence-electron chi connectivity index (χ3n) is 7.72. The topological polar surface area (TPSA) is 146 Å². The predicted molar refractivity (Wildman–Crippen MR) is 200 cm³/mol. The first-order chi connectivity index (χ1) is 25.0. The quantitative estimate of drug-likeness (QED) is 0.0834. The van der Waals surface area contributed by atoms with Crippen LogP contribution in [0, 0.1) is 11.6 Å². The van der Waals surface area contributed by atoms with Crippen molar-refractivity contribution in [2.24, 2.45) is 0 Å². The molecule has 2 aromatic carbocycles. The van der Waals surface area contributed by atoms with Gasteiger partial charge in [0.05, 0.1) is 43.5 Å². The van der Waals surface area contributed by atoms with Crippen LogP contribution in [0.1, 0.15) is 65.7 Å². The molecule has 0 saturated carbocycles. The van der Waals surface area contributed by atoms with E-state index in [-0.39, 0.29) is 24.8 Å². The van der Waals surface area contributed by atoms with E-state index in [9.17, 15) is 18.1 Å². The number of methoxy groups -OCH3 is 1. The second kappa shape index (κ2) is 17.1. The number of halogens is 2. The number of phosphoric acid groups is 1. The minimum Gasteiger partial charge on any atom is -0.493 e. The van der Waals surface area contributed by atoms with E-state index in [2.05, 4.69) is 30.5 Å². The number of aromatic nitrogens is 3. The summed E-state index contributed by atoms with van der Waals surface area (Å²) in [6, 6.07) is 6.48. The number of nitrogens with one attached hydrogen (secondary N) is 2. The SMILES string of the molecule is COc1cc2c(Nc3ncc(CC(=O)Nc4cc(F)cc(F)c4)s3)ncnc2cc1OCCCN1CCC[C@H]1COP(=O)(OC(C)(C)C)OC(C)(C)C. The Balaban J connectivity index is 1.16. The van der Waals surface area contributed by atoms with Gasteiger partial charge in [0, 0.05) is 46.9 Å². The van der Waals surface area contributed by atoms with Crippen LogP contribution in [-0.4, -0.2) is 76.4 Å². The van der Waals surface area contributed by atoms with Crippen LogP contribution in [0.15, 0.2) is 42.9 Å². The number of amides is 1. The van der Waals surface area contributed by atoms with Gasteiger partial charge in [-0.15, -0.1) is 11.3 Å². The molecule has 17 heteroatoms. The zero-order chi connectivity index (χ0) is 38.4. The standard InChI is InChI=1S/C36H47F2N6O7PS/c1-35(2,3)50-52(46,51-36(4,5)6)49-21-26-10-8-11-44(26)12-9-13-48-31-19-29-28(18-30(31)47-7)33(41-22-40-29)43-34-39-20-27(53-34)17-32(45)42-25-15-23(37)14-24(38)16-25/h14-16,18-20,22,26H,8-13,17,21H2,1-7H3,(H,42,45)(H,39,40,41,43)/t26-/m0/s1. The Hall–Kier alpha value is -3.79. The Bertz CT molecular complexity index is 1900. The van der Waals surface area contributed by atoms with Gasteiger partial charge in [-0.3, -0.25) is 23.3 Å². The van der Waals surface area contributed by atoms with E-state index >= 15 is 0 Å². The van der Waals surface area contributed by atoms with Crippen LogP contribution in [0.2, 0.25) is 0 Å². The third-order valence-corrected chi connectivity index (χ3v) is 10.6. The highest BCUT2D eigenvalue weighted by molar-refractivity contribution is 7.48. The maximum Gasteiger partial charge on any atom is 0.475 e. The lowest BCUT2D eigenvalue weighted by molar-refractivity contribution is -0.115. The lowest BCUT2D eigenvalue weighted by atomic mass is 10.2. The molecule has 1 aliphatic heterocycles. The Kier molecular flexibility index (Phi) is 13.1. The van der Waals surface area contributed by atoms with E-state index in [1.807, 2.05) is 41.5 Å². The molecule has 1 atom stereocenters. The zero-order valence-corrected chi connectivity index (χ0v) is 32.7. The van der Waals surface area contributed by atoms with Crippen LogP contribution in [-0.2, 0) is 29.4 Å². The van der Waals surface area contributed by atoms with Gasteiger partial charge in [-0.1, -0.05) is 0 Å². The lowest BCUT2D eigenvalue weighted by Crippen LogP contribution is -2.35. The van der Waals surface area contributed by atoms with Crippen LogP contribution in [0.5, 0.6) is 11.5 Å². The molecule has 0 aliphatic carbocycles. The summed E-state index contributed by atoms with van der Waals surface area (Å²) >= 11 is 1.24. The second-order valence-electron chi connectivity index (χ2n) is 14.6. The van der Waals surface area contributed by atoms with Crippen LogP contribution in [0.25, 0.3) is 10.9 Å². The van der Waals surface area contributed by atoms with E-state index in [0.29, 0.717) is 44.8 Å². The first-order valence-corrected chi connectivity index (χ1v) is 19.6. The fraction of sp³-hybridized carbons (Fsp3) is 0.500. The molecule has 1 saturated heterocycles. The second-order valence-corrected chi connectivity index (χ2v) is 17.2. The number of hydrogen-bond acceptors (Lipinski definition) is 13. The Labute approximate surface area is 312 Å². The van der Waals surface area contributed by atoms with Gasteiger partial charge in [0.1, 0.15) is 23.8 Å². The highest BCUT2D eigenvalue weighted by atomic mass is 32.1. The fourth-order valence-corrected chi connectivity index (χ4v) is 8.37. The summed E-state index contributed by atoms with van der Waals surface area (Å²) in [5.74, 6) is -0.489. The molecule has 1 fully saturated rings. The number of carbonyl (C=O) groups is 1. The van der Waals surface area contributed by atoms with Crippen molar-refractivity contribution in [3.8, 4) is 11.5 Å². The molecule has 1 amide bonds. The number of nitrogens with zero attached hydrogens (tertiary/aromatic N) is 4. The summed E-state index contributed by atoms with van der Waals surface area (Å²) in [5.41, 5.74) is -0.753. The highest BCUT2D eigenvalue weighted by Gasteiger charge is 2.38.